The van der Waals surface area contributed by atoms with Crippen LogP contribution in [0.4, 0.5) is 0 Å². The lowest BCUT2D eigenvalue weighted by Gasteiger charge is -2.62. The molecule has 9 unspecified atom stereocenters. The first-order valence-electron chi connectivity index (χ1n) is 10.8. The number of hydrogen-bond donors (Lipinski definition) is 3. The van der Waals surface area contributed by atoms with E-state index < -0.39 is 74.9 Å². The van der Waals surface area contributed by atoms with Crippen LogP contribution in [0.1, 0.15) is 53.4 Å². The zero-order chi connectivity index (χ0) is 22.2. The van der Waals surface area contributed by atoms with E-state index in [0.29, 0.717) is 12.8 Å². The summed E-state index contributed by atoms with van der Waals surface area (Å²) in [5, 5.41) is 34.9. The Bertz CT molecular complexity index is 923. The molecule has 30 heavy (non-hydrogen) atoms. The molecule has 3 N–H and O–H groups in total. The van der Waals surface area contributed by atoms with E-state index in [0.717, 1.165) is 6.42 Å². The van der Waals surface area contributed by atoms with Gasteiger partial charge in [-0.25, -0.2) is 0 Å². The summed E-state index contributed by atoms with van der Waals surface area (Å²) >= 11 is 0. The lowest BCUT2D eigenvalue weighted by Crippen LogP contribution is -2.73. The Hall–Kier alpha value is -1.57. The fourth-order valence-electron chi connectivity index (χ4n) is 9.09. The van der Waals surface area contributed by atoms with E-state index in [4.69, 9.17) is 4.74 Å². The molecule has 5 rings (SSSR count). The fraction of sp³-hybridized carbons (Fsp3) is 0.783. The van der Waals surface area contributed by atoms with Crippen LogP contribution in [-0.4, -0.2) is 56.3 Å². The Kier molecular flexibility index (Phi) is 3.56. The van der Waals surface area contributed by atoms with Gasteiger partial charge in [0, 0.05) is 30.1 Å². The lowest BCUT2D eigenvalue weighted by atomic mass is 9.41. The second-order valence-corrected chi connectivity index (χ2v) is 11.2. The van der Waals surface area contributed by atoms with Crippen molar-refractivity contribution in [2.45, 2.75) is 76.8 Å². The maximum atomic E-state index is 13.8. The van der Waals surface area contributed by atoms with E-state index in [1.807, 2.05) is 13.8 Å². The van der Waals surface area contributed by atoms with Crippen molar-refractivity contribution in [3.63, 3.8) is 0 Å². The van der Waals surface area contributed by atoms with E-state index in [2.05, 4.69) is 6.58 Å². The lowest BCUT2D eigenvalue weighted by molar-refractivity contribution is -0.245. The first-order valence-corrected chi connectivity index (χ1v) is 10.8. The van der Waals surface area contributed by atoms with Crippen molar-refractivity contribution in [2.24, 2.45) is 34.0 Å². The molecule has 4 bridgehead atoms. The molecular weight excluding hydrogens is 388 g/mol. The number of aliphatic hydroxyl groups excluding tert-OH is 2. The van der Waals surface area contributed by atoms with Gasteiger partial charge in [0.15, 0.2) is 17.2 Å². The number of fused-ring (bicyclic) bond motifs is 2. The van der Waals surface area contributed by atoms with Crippen molar-refractivity contribution in [1.29, 1.82) is 0 Å². The van der Waals surface area contributed by atoms with Crippen LogP contribution in [0.5, 0.6) is 0 Å². The van der Waals surface area contributed by atoms with Gasteiger partial charge in [0.25, 0.3) is 0 Å². The quantitative estimate of drug-likeness (QED) is 0.428. The molecular formula is C23H30O7. The minimum absolute atomic E-state index is 0.132. The van der Waals surface area contributed by atoms with E-state index in [-0.39, 0.29) is 12.0 Å². The molecule has 0 aromatic heterocycles. The second-order valence-electron chi connectivity index (χ2n) is 11.2. The van der Waals surface area contributed by atoms with Crippen LogP contribution in [0.25, 0.3) is 0 Å². The molecule has 0 saturated heterocycles. The monoisotopic (exact) mass is 418 g/mol. The number of Topliss-reactive ketones (excluding diaryl/α,β-unsaturated/α-hetero) is 2. The van der Waals surface area contributed by atoms with E-state index in [1.54, 1.807) is 6.92 Å². The molecule has 0 aliphatic heterocycles. The molecule has 0 aromatic carbocycles. The number of ketones is 2. The minimum atomic E-state index is -2.43. The standard InChI is InChI=1S/C23H30O7/c1-10-12-9-20(5,30-11(2)24)17-21-8-6-7-19(3,4)13(21)16(27)23(29,18(21)28)22(17,14(10)25)15(12)26/h12-13,15,17-18,26,28-29H,1,6-9H2,2-5H3. The van der Waals surface area contributed by atoms with Gasteiger partial charge in [-0.3, -0.25) is 14.4 Å². The van der Waals surface area contributed by atoms with Crippen molar-refractivity contribution >= 4 is 17.5 Å². The zero-order valence-corrected chi connectivity index (χ0v) is 17.9. The molecule has 2 spiro atoms. The summed E-state index contributed by atoms with van der Waals surface area (Å²) in [6.07, 6.45) is -0.872. The van der Waals surface area contributed by atoms with Gasteiger partial charge in [-0.2, -0.15) is 0 Å². The number of ether oxygens (including phenoxy) is 1. The Morgan fingerprint density at radius 2 is 1.80 bits per heavy atom. The maximum Gasteiger partial charge on any atom is 0.303 e. The summed E-state index contributed by atoms with van der Waals surface area (Å²) in [7, 11) is 0. The van der Waals surface area contributed by atoms with Crippen LogP contribution in [0, 0.1) is 34.0 Å². The van der Waals surface area contributed by atoms with E-state index in [1.165, 1.54) is 6.92 Å². The SMILES string of the molecule is C=C1C(=O)C23C(O)C1CC(C)(OC(C)=O)C2C12CCCC(C)(C)C1C(=O)C3(O)C2O. The van der Waals surface area contributed by atoms with Crippen molar-refractivity contribution < 1.29 is 34.4 Å². The number of rotatable bonds is 1. The fourth-order valence-corrected chi connectivity index (χ4v) is 9.09. The van der Waals surface area contributed by atoms with E-state index >= 15 is 0 Å². The summed E-state index contributed by atoms with van der Waals surface area (Å²) < 4.78 is 5.83. The summed E-state index contributed by atoms with van der Waals surface area (Å²) in [5.41, 5.74) is -7.16. The normalized spacial score (nSPS) is 55.4. The molecule has 5 fully saturated rings. The van der Waals surface area contributed by atoms with Crippen LogP contribution in [0.3, 0.4) is 0 Å². The third-order valence-corrected chi connectivity index (χ3v) is 9.49. The summed E-state index contributed by atoms with van der Waals surface area (Å²) in [4.78, 5) is 39.6. The number of aliphatic hydroxyl groups is 3. The Balaban J connectivity index is 1.88. The highest BCUT2D eigenvalue weighted by Gasteiger charge is 2.95. The predicted octanol–water partition coefficient (Wildman–Crippen LogP) is 0.931. The van der Waals surface area contributed by atoms with Crippen molar-refractivity contribution in [1.82, 2.24) is 0 Å². The van der Waals surface area contributed by atoms with Crippen LogP contribution in [0.15, 0.2) is 12.2 Å². The largest absolute Gasteiger partial charge is 0.459 e. The van der Waals surface area contributed by atoms with Crippen LogP contribution >= 0.6 is 0 Å². The highest BCUT2D eigenvalue weighted by molar-refractivity contribution is 6.12. The van der Waals surface area contributed by atoms with Gasteiger partial charge in [0.05, 0.1) is 12.2 Å². The van der Waals surface area contributed by atoms with Crippen molar-refractivity contribution in [3.8, 4) is 0 Å². The third-order valence-electron chi connectivity index (χ3n) is 9.49. The average Bonchev–Trinajstić information content (AvgIpc) is 2.97. The van der Waals surface area contributed by atoms with Gasteiger partial charge in [0.1, 0.15) is 11.0 Å². The van der Waals surface area contributed by atoms with Gasteiger partial charge < -0.3 is 20.1 Å². The first kappa shape index (κ1) is 20.3. The maximum absolute atomic E-state index is 13.8. The molecule has 164 valence electrons. The number of esters is 1. The Labute approximate surface area is 175 Å². The molecule has 5 aliphatic carbocycles. The first-order chi connectivity index (χ1) is 13.7. The van der Waals surface area contributed by atoms with Crippen LogP contribution in [-0.2, 0) is 19.1 Å². The Morgan fingerprint density at radius 3 is 2.40 bits per heavy atom. The predicted molar refractivity (Wildman–Crippen MR) is 104 cm³/mol. The topological polar surface area (TPSA) is 121 Å². The molecule has 5 saturated carbocycles. The highest BCUT2D eigenvalue weighted by Crippen LogP contribution is 2.82. The molecule has 0 radical (unpaired) electrons. The summed E-state index contributed by atoms with van der Waals surface area (Å²) in [6.45, 7) is 10.8. The summed E-state index contributed by atoms with van der Waals surface area (Å²) in [5.74, 6) is -4.01. The van der Waals surface area contributed by atoms with Crippen molar-refractivity contribution in [2.75, 3.05) is 0 Å². The number of carbonyl (C=O) groups excluding carboxylic acids is 3. The zero-order valence-electron chi connectivity index (χ0n) is 17.9. The molecule has 7 heteroatoms. The average molecular weight is 418 g/mol. The van der Waals surface area contributed by atoms with Gasteiger partial charge in [0.2, 0.25) is 0 Å². The molecule has 7 nitrogen and oxygen atoms in total. The minimum Gasteiger partial charge on any atom is -0.459 e. The molecule has 0 aromatic rings. The van der Waals surface area contributed by atoms with Gasteiger partial charge in [-0.05, 0) is 37.2 Å². The second kappa shape index (κ2) is 5.25. The van der Waals surface area contributed by atoms with Gasteiger partial charge in [-0.15, -0.1) is 0 Å². The van der Waals surface area contributed by atoms with Crippen molar-refractivity contribution in [3.05, 3.63) is 12.2 Å². The Morgan fingerprint density at radius 1 is 1.17 bits per heavy atom. The smallest absolute Gasteiger partial charge is 0.303 e. The molecule has 0 heterocycles. The molecule has 9 atom stereocenters. The van der Waals surface area contributed by atoms with E-state index in [9.17, 15) is 29.7 Å². The third kappa shape index (κ3) is 1.66. The van der Waals surface area contributed by atoms with Crippen LogP contribution < -0.4 is 0 Å². The summed E-state index contributed by atoms with van der Waals surface area (Å²) in [6, 6.07) is 0. The van der Waals surface area contributed by atoms with Gasteiger partial charge >= 0.3 is 5.97 Å². The number of hydrogen-bond acceptors (Lipinski definition) is 7. The molecule has 0 amide bonds. The highest BCUT2D eigenvalue weighted by atomic mass is 16.6. The number of carbonyl (C=O) groups is 3. The molecule has 5 aliphatic rings. The van der Waals surface area contributed by atoms with Crippen LogP contribution in [0.2, 0.25) is 0 Å². The van der Waals surface area contributed by atoms with Gasteiger partial charge in [-0.1, -0.05) is 26.8 Å².